The first-order chi connectivity index (χ1) is 8.70. The largest absolute Gasteiger partial charge is 0.392 e. The Hall–Kier alpha value is -0.870. The van der Waals surface area contributed by atoms with Crippen LogP contribution in [0.4, 0.5) is 0 Å². The molecule has 0 spiro atoms. The summed E-state index contributed by atoms with van der Waals surface area (Å²) in [7, 11) is 0. The Morgan fingerprint density at radius 3 is 3.00 bits per heavy atom. The van der Waals surface area contributed by atoms with Crippen molar-refractivity contribution in [1.82, 2.24) is 15.1 Å². The Kier molecular flexibility index (Phi) is 4.78. The van der Waals surface area contributed by atoms with Crippen LogP contribution < -0.4 is 5.32 Å². The molecule has 4 nitrogen and oxygen atoms in total. The van der Waals surface area contributed by atoms with Gasteiger partial charge < -0.3 is 10.4 Å². The zero-order valence-corrected chi connectivity index (χ0v) is 11.5. The summed E-state index contributed by atoms with van der Waals surface area (Å²) in [4.78, 5) is 0. The summed E-state index contributed by atoms with van der Waals surface area (Å²) >= 11 is 0. The third-order valence-corrected chi connectivity index (χ3v) is 3.98. The number of nitrogens with zero attached hydrogens (tertiary/aromatic N) is 2. The van der Waals surface area contributed by atoms with Crippen LogP contribution in [0.5, 0.6) is 0 Å². The first-order valence-electron chi connectivity index (χ1n) is 7.16. The van der Waals surface area contributed by atoms with Crippen molar-refractivity contribution >= 4 is 0 Å². The molecule has 18 heavy (non-hydrogen) atoms. The molecule has 1 aliphatic carbocycles. The second-order valence-corrected chi connectivity index (χ2v) is 5.38. The molecule has 0 radical (unpaired) electrons. The Bertz CT molecular complexity index is 364. The third-order valence-electron chi connectivity index (χ3n) is 3.98. The second-order valence-electron chi connectivity index (χ2n) is 5.38. The van der Waals surface area contributed by atoms with Gasteiger partial charge in [-0.25, -0.2) is 0 Å². The van der Waals surface area contributed by atoms with Crippen LogP contribution >= 0.6 is 0 Å². The number of hydrogen-bond donors (Lipinski definition) is 2. The Labute approximate surface area is 109 Å². The van der Waals surface area contributed by atoms with E-state index >= 15 is 0 Å². The predicted octanol–water partition coefficient (Wildman–Crippen LogP) is 2.25. The van der Waals surface area contributed by atoms with Crippen LogP contribution in [-0.2, 0) is 6.54 Å². The standard InChI is InChI=1S/C14H25N3O/c1-3-11(2)17-9-8-12(16-17)10-15-13-6-4-5-7-14(13)18/h8-9,11,13-15,18H,3-7,10H2,1-2H3. The van der Waals surface area contributed by atoms with Crippen molar-refractivity contribution in [3.8, 4) is 0 Å². The van der Waals surface area contributed by atoms with Gasteiger partial charge in [0.2, 0.25) is 0 Å². The number of aliphatic hydroxyl groups excluding tert-OH is 1. The molecule has 0 amide bonds. The van der Waals surface area contributed by atoms with Crippen LogP contribution in [0, 0.1) is 0 Å². The fraction of sp³-hybridized carbons (Fsp3) is 0.786. The van der Waals surface area contributed by atoms with E-state index in [9.17, 15) is 5.11 Å². The lowest BCUT2D eigenvalue weighted by atomic mass is 9.92. The SMILES string of the molecule is CCC(C)n1ccc(CNC2CCCCC2O)n1. The fourth-order valence-electron chi connectivity index (χ4n) is 2.49. The van der Waals surface area contributed by atoms with Crippen LogP contribution in [0.3, 0.4) is 0 Å². The zero-order valence-electron chi connectivity index (χ0n) is 11.5. The van der Waals surface area contributed by atoms with Gasteiger partial charge in [0, 0.05) is 24.8 Å². The summed E-state index contributed by atoms with van der Waals surface area (Å²) in [5, 5.41) is 17.9. The van der Waals surface area contributed by atoms with E-state index in [1.54, 1.807) is 0 Å². The van der Waals surface area contributed by atoms with Gasteiger partial charge in [0.25, 0.3) is 0 Å². The van der Waals surface area contributed by atoms with Gasteiger partial charge in [-0.05, 0) is 32.3 Å². The molecule has 1 aromatic heterocycles. The molecule has 0 aromatic carbocycles. The molecule has 0 aliphatic heterocycles. The minimum atomic E-state index is -0.185. The van der Waals surface area contributed by atoms with E-state index in [0.717, 1.165) is 37.9 Å². The first kappa shape index (κ1) is 13.6. The molecule has 3 unspecified atom stereocenters. The van der Waals surface area contributed by atoms with Crippen molar-refractivity contribution in [1.29, 1.82) is 0 Å². The van der Waals surface area contributed by atoms with E-state index in [1.807, 2.05) is 10.9 Å². The molecule has 1 saturated carbocycles. The zero-order chi connectivity index (χ0) is 13.0. The van der Waals surface area contributed by atoms with Crippen molar-refractivity contribution < 1.29 is 5.11 Å². The highest BCUT2D eigenvalue weighted by atomic mass is 16.3. The highest BCUT2D eigenvalue weighted by Gasteiger charge is 2.22. The minimum absolute atomic E-state index is 0.185. The average molecular weight is 251 g/mol. The van der Waals surface area contributed by atoms with Crippen molar-refractivity contribution in [2.24, 2.45) is 0 Å². The molecule has 1 aromatic rings. The van der Waals surface area contributed by atoms with Crippen LogP contribution in [0.2, 0.25) is 0 Å². The van der Waals surface area contributed by atoms with Gasteiger partial charge in [0.1, 0.15) is 0 Å². The predicted molar refractivity (Wildman–Crippen MR) is 72.3 cm³/mol. The lowest BCUT2D eigenvalue weighted by molar-refractivity contribution is 0.0900. The molecule has 1 fully saturated rings. The Balaban J connectivity index is 1.84. The van der Waals surface area contributed by atoms with E-state index < -0.39 is 0 Å². The highest BCUT2D eigenvalue weighted by Crippen LogP contribution is 2.18. The van der Waals surface area contributed by atoms with Gasteiger partial charge in [-0.3, -0.25) is 4.68 Å². The first-order valence-corrected chi connectivity index (χ1v) is 7.16. The van der Waals surface area contributed by atoms with E-state index in [2.05, 4.69) is 30.3 Å². The Morgan fingerprint density at radius 2 is 2.28 bits per heavy atom. The van der Waals surface area contributed by atoms with Gasteiger partial charge in [-0.2, -0.15) is 5.10 Å². The van der Waals surface area contributed by atoms with Crippen molar-refractivity contribution in [2.45, 2.75) is 70.7 Å². The van der Waals surface area contributed by atoms with Crippen molar-refractivity contribution in [3.63, 3.8) is 0 Å². The monoisotopic (exact) mass is 251 g/mol. The van der Waals surface area contributed by atoms with E-state index in [-0.39, 0.29) is 12.1 Å². The molecular formula is C14H25N3O. The van der Waals surface area contributed by atoms with E-state index in [4.69, 9.17) is 0 Å². The topological polar surface area (TPSA) is 50.1 Å². The van der Waals surface area contributed by atoms with Gasteiger partial charge in [0.15, 0.2) is 0 Å². The number of rotatable bonds is 5. The molecule has 1 aliphatic rings. The molecule has 2 N–H and O–H groups in total. The lowest BCUT2D eigenvalue weighted by Crippen LogP contribution is -2.41. The van der Waals surface area contributed by atoms with Crippen molar-refractivity contribution in [3.05, 3.63) is 18.0 Å². The normalized spacial score (nSPS) is 26.2. The molecule has 1 heterocycles. The average Bonchev–Trinajstić information content (AvgIpc) is 2.86. The van der Waals surface area contributed by atoms with Gasteiger partial charge >= 0.3 is 0 Å². The Morgan fingerprint density at radius 1 is 1.50 bits per heavy atom. The maximum Gasteiger partial charge on any atom is 0.0762 e. The summed E-state index contributed by atoms with van der Waals surface area (Å²) in [6, 6.07) is 2.76. The summed E-state index contributed by atoms with van der Waals surface area (Å²) in [5.74, 6) is 0. The maximum absolute atomic E-state index is 9.89. The third kappa shape index (κ3) is 3.33. The number of aliphatic hydroxyl groups is 1. The molecule has 0 bridgehead atoms. The molecule has 102 valence electrons. The lowest BCUT2D eigenvalue weighted by Gasteiger charge is -2.28. The van der Waals surface area contributed by atoms with Gasteiger partial charge in [-0.15, -0.1) is 0 Å². The molecule has 0 saturated heterocycles. The van der Waals surface area contributed by atoms with Crippen LogP contribution in [0.25, 0.3) is 0 Å². The molecule has 3 atom stereocenters. The smallest absolute Gasteiger partial charge is 0.0762 e. The summed E-state index contributed by atoms with van der Waals surface area (Å²) in [5.41, 5.74) is 1.06. The minimum Gasteiger partial charge on any atom is -0.392 e. The van der Waals surface area contributed by atoms with Crippen LogP contribution in [0.1, 0.15) is 57.7 Å². The number of aromatic nitrogens is 2. The van der Waals surface area contributed by atoms with Gasteiger partial charge in [-0.1, -0.05) is 19.8 Å². The van der Waals surface area contributed by atoms with Gasteiger partial charge in [0.05, 0.1) is 11.8 Å². The number of nitrogens with one attached hydrogen (secondary N) is 1. The van der Waals surface area contributed by atoms with Crippen molar-refractivity contribution in [2.75, 3.05) is 0 Å². The molecule has 2 rings (SSSR count). The number of hydrogen-bond acceptors (Lipinski definition) is 3. The van der Waals surface area contributed by atoms with Crippen LogP contribution in [0.15, 0.2) is 12.3 Å². The van der Waals surface area contributed by atoms with E-state index in [1.165, 1.54) is 6.42 Å². The summed E-state index contributed by atoms with van der Waals surface area (Å²) in [6.45, 7) is 5.10. The molecule has 4 heteroatoms. The van der Waals surface area contributed by atoms with E-state index in [0.29, 0.717) is 6.04 Å². The quantitative estimate of drug-likeness (QED) is 0.844. The maximum atomic E-state index is 9.89. The molecular weight excluding hydrogens is 226 g/mol. The fourth-order valence-corrected chi connectivity index (χ4v) is 2.49. The summed E-state index contributed by atoms with van der Waals surface area (Å²) in [6.07, 6.45) is 7.33. The second kappa shape index (κ2) is 6.34. The summed E-state index contributed by atoms with van der Waals surface area (Å²) < 4.78 is 2.02. The highest BCUT2D eigenvalue weighted by molar-refractivity contribution is 5.00. The van der Waals surface area contributed by atoms with Crippen LogP contribution in [-0.4, -0.2) is 27.0 Å².